The Labute approximate surface area is 404 Å². The average molecular weight is 941 g/mol. The van der Waals surface area contributed by atoms with E-state index in [-0.39, 0.29) is 17.3 Å². The zero-order valence-electron chi connectivity index (χ0n) is 47.5. The largest absolute Gasteiger partial charge is 0.298 e. The van der Waals surface area contributed by atoms with Crippen LogP contribution in [0, 0.1) is 27.6 Å². The van der Waals surface area contributed by atoms with Crippen molar-refractivity contribution in [1.29, 1.82) is 0 Å². The van der Waals surface area contributed by atoms with Gasteiger partial charge in [-0.2, -0.15) is 10.5 Å². The van der Waals surface area contributed by atoms with Crippen LogP contribution in [0.15, 0.2) is 12.2 Å². The van der Waals surface area contributed by atoms with E-state index in [2.05, 4.69) is 210 Å². The molecule has 0 aromatic carbocycles. The second-order valence-corrected chi connectivity index (χ2v) is 31.1. The predicted molar refractivity (Wildman–Crippen MR) is 291 cm³/mol. The van der Waals surface area contributed by atoms with Crippen LogP contribution in [0.25, 0.3) is 0 Å². The number of rotatable bonds is 5. The molecule has 0 amide bonds. The fourth-order valence-corrected chi connectivity index (χ4v) is 15.1. The van der Waals surface area contributed by atoms with Crippen molar-refractivity contribution in [3.63, 3.8) is 0 Å². The normalized spacial score (nSPS) is 28.1. The number of sulfone groups is 1. The van der Waals surface area contributed by atoms with Crippen LogP contribution in [0.4, 0.5) is 0 Å². The minimum atomic E-state index is -2.85. The first-order valence-electron chi connectivity index (χ1n) is 25.8. The Morgan fingerprint density at radius 1 is 0.562 bits per heavy atom. The molecule has 0 bridgehead atoms. The van der Waals surface area contributed by atoms with Crippen molar-refractivity contribution in [2.24, 2.45) is 27.6 Å². The van der Waals surface area contributed by atoms with Crippen LogP contribution in [-0.4, -0.2) is 142 Å². The molecule has 5 aliphatic rings. The molecule has 9 heteroatoms. The third-order valence-corrected chi connectivity index (χ3v) is 17.4. The van der Waals surface area contributed by atoms with Gasteiger partial charge in [0, 0.05) is 78.1 Å². The third kappa shape index (κ3) is 19.6. The van der Waals surface area contributed by atoms with E-state index in [1.54, 1.807) is 0 Å². The molecular weight excluding hydrogens is 827 g/mol. The van der Waals surface area contributed by atoms with Gasteiger partial charge in [-0.05, 0) is 149 Å². The molecule has 382 valence electrons. The summed E-state index contributed by atoms with van der Waals surface area (Å²) in [6.07, 6.45) is 6.75. The van der Waals surface area contributed by atoms with E-state index in [1.165, 1.54) is 62.4 Å². The molecule has 5 fully saturated rings. The second-order valence-electron chi connectivity index (χ2n) is 27.2. The van der Waals surface area contributed by atoms with Gasteiger partial charge in [0.1, 0.15) is 5.88 Å². The van der Waals surface area contributed by atoms with Gasteiger partial charge in [-0.25, -0.2) is 8.42 Å². The van der Waals surface area contributed by atoms with Crippen molar-refractivity contribution >= 4 is 26.2 Å². The quantitative estimate of drug-likeness (QED) is 0.201. The number of hydrogen-bond acceptors (Lipinski definition) is 7. The highest BCUT2D eigenvalue weighted by Gasteiger charge is 2.43. The maximum absolute atomic E-state index is 11.6. The smallest absolute Gasteiger partial charge is 0.165 e. The molecular formula is C55H113N5O2S2. The molecule has 7 nitrogen and oxygen atoms in total. The maximum Gasteiger partial charge on any atom is 0.165 e. The SMILES string of the molecule is C=C1CC(C(C)(C)C)N(C(C)C)C1.C=S1CC(C(C)(C)C)N(C(C)C)C1.CC(C)(C)C1CCCN1C(C)(C)C.CC(C)C1CCCN1C(C)C.CC(C)N1CS(=O)(=O)CC1C(C)(C)C. The number of likely N-dealkylation sites (tertiary alicyclic amines) is 3. The van der Waals surface area contributed by atoms with E-state index < -0.39 is 9.84 Å². The van der Waals surface area contributed by atoms with Crippen LogP contribution >= 0.6 is 10.5 Å². The van der Waals surface area contributed by atoms with Gasteiger partial charge in [-0.1, -0.05) is 115 Å². The van der Waals surface area contributed by atoms with Crippen molar-refractivity contribution in [3.8, 4) is 0 Å². The van der Waals surface area contributed by atoms with Crippen molar-refractivity contribution in [1.82, 2.24) is 24.5 Å². The fourth-order valence-electron chi connectivity index (χ4n) is 10.7. The van der Waals surface area contributed by atoms with Crippen LogP contribution in [0.5, 0.6) is 0 Å². The van der Waals surface area contributed by atoms with Gasteiger partial charge in [-0.3, -0.25) is 24.5 Å². The Balaban J connectivity index is 0.000000401. The number of hydrogen-bond donors (Lipinski definition) is 0. The average Bonchev–Trinajstić information content (AvgIpc) is 3.93. The highest BCUT2D eigenvalue weighted by molar-refractivity contribution is 8.14. The van der Waals surface area contributed by atoms with Crippen molar-refractivity contribution in [2.75, 3.05) is 42.9 Å². The molecule has 5 heterocycles. The molecule has 6 unspecified atom stereocenters. The second kappa shape index (κ2) is 24.5. The van der Waals surface area contributed by atoms with Crippen LogP contribution < -0.4 is 0 Å². The van der Waals surface area contributed by atoms with E-state index in [1.807, 2.05) is 0 Å². The minimum Gasteiger partial charge on any atom is -0.298 e. The van der Waals surface area contributed by atoms with Crippen LogP contribution in [0.1, 0.15) is 205 Å². The van der Waals surface area contributed by atoms with Crippen molar-refractivity contribution < 1.29 is 8.42 Å². The molecule has 0 aromatic rings. The van der Waals surface area contributed by atoms with E-state index in [4.69, 9.17) is 0 Å². The third-order valence-electron chi connectivity index (χ3n) is 14.5. The van der Waals surface area contributed by atoms with Gasteiger partial charge in [0.25, 0.3) is 0 Å². The summed E-state index contributed by atoms with van der Waals surface area (Å²) in [6.45, 7) is 64.7. The zero-order chi connectivity index (χ0) is 50.3. The van der Waals surface area contributed by atoms with Crippen molar-refractivity contribution in [2.45, 2.75) is 265 Å². The van der Waals surface area contributed by atoms with Crippen molar-refractivity contribution in [3.05, 3.63) is 12.2 Å². The van der Waals surface area contributed by atoms with Gasteiger partial charge in [0.2, 0.25) is 0 Å². The lowest BCUT2D eigenvalue weighted by atomic mass is 9.83. The predicted octanol–water partition coefficient (Wildman–Crippen LogP) is 13.2. The highest BCUT2D eigenvalue weighted by atomic mass is 32.2. The van der Waals surface area contributed by atoms with E-state index in [0.29, 0.717) is 62.2 Å². The summed E-state index contributed by atoms with van der Waals surface area (Å²) in [5.41, 5.74) is 2.99. The summed E-state index contributed by atoms with van der Waals surface area (Å²) >= 11 is 0. The summed E-state index contributed by atoms with van der Waals surface area (Å²) in [7, 11) is -2.47. The molecule has 0 aliphatic carbocycles. The zero-order valence-corrected chi connectivity index (χ0v) is 49.2. The molecule has 5 aliphatic heterocycles. The molecule has 0 spiro atoms. The van der Waals surface area contributed by atoms with Gasteiger partial charge in [0.15, 0.2) is 9.84 Å². The van der Waals surface area contributed by atoms with Gasteiger partial charge in [-0.15, -0.1) is 0 Å². The summed E-state index contributed by atoms with van der Waals surface area (Å²) in [6, 6.07) is 5.55. The summed E-state index contributed by atoms with van der Waals surface area (Å²) in [4.78, 5) is 12.6. The van der Waals surface area contributed by atoms with Crippen LogP contribution in [-0.2, 0) is 9.84 Å². The highest BCUT2D eigenvalue weighted by Crippen LogP contribution is 2.39. The molecule has 6 atom stereocenters. The molecule has 5 saturated heterocycles. The van der Waals surface area contributed by atoms with Crippen LogP contribution in [0.2, 0.25) is 0 Å². The monoisotopic (exact) mass is 940 g/mol. The Bertz CT molecular complexity index is 1440. The summed E-state index contributed by atoms with van der Waals surface area (Å²) in [5.74, 6) is 8.10. The lowest BCUT2D eigenvalue weighted by molar-refractivity contribution is 0.0582. The van der Waals surface area contributed by atoms with Gasteiger partial charge in [0.05, 0.1) is 5.75 Å². The molecule has 5 rings (SSSR count). The first-order valence-corrected chi connectivity index (χ1v) is 29.3. The first kappa shape index (κ1) is 61.7. The van der Waals surface area contributed by atoms with E-state index >= 15 is 0 Å². The standard InChI is InChI=1S/C12H23N.C12H25N.C11H23NS.C10H21NO2S.C10H21N/c1-9(2)13-8-10(3)7-11(13)12(4,5)6;1-11(2,3)10-8-7-9-13(10)12(4,5)6;1-9(2)12-8-13(6)7-10(12)11(3,4)5;1-8(2)11-7-14(12,13)6-9(11)10(3,4)5;1-8(2)10-6-5-7-11(10)9(3)4/h9,11H,3,7-8H2,1-2,4-6H3;10H,7-9H2,1-6H3;9-10H,6-8H2,1-5H3;8-9H,6-7H2,1-5H3;8-10H,5-7H2,1-4H3. The fraction of sp³-hybridized carbons (Fsp3) is 0.945. The Morgan fingerprint density at radius 3 is 1.31 bits per heavy atom. The Kier molecular flexibility index (Phi) is 23.6. The molecule has 0 aromatic heterocycles. The van der Waals surface area contributed by atoms with E-state index in [0.717, 1.165) is 36.6 Å². The molecule has 64 heavy (non-hydrogen) atoms. The van der Waals surface area contributed by atoms with Gasteiger partial charge < -0.3 is 0 Å². The minimum absolute atomic E-state index is 0.0356. The first-order chi connectivity index (χ1) is 28.6. The molecule has 0 saturated carbocycles. The van der Waals surface area contributed by atoms with Crippen LogP contribution in [0.3, 0.4) is 0 Å². The number of nitrogens with zero attached hydrogens (tertiary/aromatic N) is 5. The molecule has 0 N–H and O–H groups in total. The summed E-state index contributed by atoms with van der Waals surface area (Å²) < 4.78 is 23.1. The summed E-state index contributed by atoms with van der Waals surface area (Å²) in [5, 5.41) is 0. The molecule has 0 radical (unpaired) electrons. The lowest BCUT2D eigenvalue weighted by Gasteiger charge is -2.43. The Hall–Kier alpha value is -0.290. The Morgan fingerprint density at radius 2 is 1.00 bits per heavy atom. The van der Waals surface area contributed by atoms with E-state index in [9.17, 15) is 8.42 Å². The topological polar surface area (TPSA) is 50.3 Å². The van der Waals surface area contributed by atoms with Gasteiger partial charge >= 0.3 is 0 Å². The maximum atomic E-state index is 11.6. The lowest BCUT2D eigenvalue weighted by Crippen LogP contribution is -2.49.